The summed E-state index contributed by atoms with van der Waals surface area (Å²) in [5.41, 5.74) is 10.4. The maximum absolute atomic E-state index is 11.4. The standard InChI is InChI=1S/C27H25N3O3/c28-26(31)25-22(27(32)30-25)14-17-10-12-20(13-11-17)33-16-19-15-24(18-6-2-1-3-7-18)29-23-9-5-4-8-21(19)23/h1-13,15,22,25,27,30,32H,14,16H2,(H2,28,31)/t22?,25-,27?/m0/s1. The van der Waals surface area contributed by atoms with Crippen molar-refractivity contribution in [2.75, 3.05) is 0 Å². The Morgan fingerprint density at radius 1 is 1.00 bits per heavy atom. The Bertz CT molecular complexity index is 1280. The first-order chi connectivity index (χ1) is 16.1. The molecule has 0 saturated carbocycles. The number of para-hydroxylation sites is 1. The zero-order valence-corrected chi connectivity index (χ0v) is 18.0. The van der Waals surface area contributed by atoms with Crippen molar-refractivity contribution in [3.05, 3.63) is 96.1 Å². The molecule has 0 radical (unpaired) electrons. The molecule has 3 aromatic carbocycles. The second-order valence-corrected chi connectivity index (χ2v) is 8.34. The van der Waals surface area contributed by atoms with Crippen molar-refractivity contribution in [1.29, 1.82) is 0 Å². The topological polar surface area (TPSA) is 97.5 Å². The largest absolute Gasteiger partial charge is 0.489 e. The number of nitrogens with zero attached hydrogens (tertiary/aromatic N) is 1. The molecule has 5 rings (SSSR count). The van der Waals surface area contributed by atoms with Crippen LogP contribution in [0, 0.1) is 5.92 Å². The first kappa shape index (κ1) is 21.1. The molecule has 6 heteroatoms. The van der Waals surface area contributed by atoms with E-state index in [0.717, 1.165) is 39.0 Å². The number of ether oxygens (including phenoxy) is 1. The summed E-state index contributed by atoms with van der Waals surface area (Å²) in [5.74, 6) is 0.0956. The van der Waals surface area contributed by atoms with E-state index in [1.54, 1.807) is 0 Å². The van der Waals surface area contributed by atoms with Crippen molar-refractivity contribution in [2.45, 2.75) is 25.3 Å². The summed E-state index contributed by atoms with van der Waals surface area (Å²) < 4.78 is 6.11. The third kappa shape index (κ3) is 4.44. The van der Waals surface area contributed by atoms with E-state index in [1.807, 2.05) is 60.7 Å². The lowest BCUT2D eigenvalue weighted by molar-refractivity contribution is -0.132. The highest BCUT2D eigenvalue weighted by Gasteiger charge is 2.42. The van der Waals surface area contributed by atoms with Crippen LogP contribution in [-0.2, 0) is 17.8 Å². The van der Waals surface area contributed by atoms with Gasteiger partial charge in [0.05, 0.1) is 17.3 Å². The molecule has 3 atom stereocenters. The number of aliphatic hydroxyl groups is 1. The van der Waals surface area contributed by atoms with Gasteiger partial charge in [-0.2, -0.15) is 0 Å². The normalized spacial score (nSPS) is 19.7. The SMILES string of the molecule is NC(=O)[C@H]1NC(O)C1Cc1ccc(OCc2cc(-c3ccccc3)nc3ccccc23)cc1. The van der Waals surface area contributed by atoms with Gasteiger partial charge in [0.15, 0.2) is 0 Å². The summed E-state index contributed by atoms with van der Waals surface area (Å²) in [6.07, 6.45) is -0.144. The Balaban J connectivity index is 1.32. The molecule has 2 heterocycles. The number of primary amides is 1. The number of hydrogen-bond donors (Lipinski definition) is 3. The van der Waals surface area contributed by atoms with E-state index in [2.05, 4.69) is 29.6 Å². The molecule has 4 N–H and O–H groups in total. The summed E-state index contributed by atoms with van der Waals surface area (Å²) >= 11 is 0. The van der Waals surface area contributed by atoms with Crippen molar-refractivity contribution >= 4 is 16.8 Å². The second kappa shape index (κ2) is 9.02. The summed E-state index contributed by atoms with van der Waals surface area (Å²) in [4.78, 5) is 16.3. The predicted molar refractivity (Wildman–Crippen MR) is 127 cm³/mol. The van der Waals surface area contributed by atoms with Gasteiger partial charge in [-0.25, -0.2) is 4.98 Å². The van der Waals surface area contributed by atoms with E-state index in [1.165, 1.54) is 0 Å². The van der Waals surface area contributed by atoms with E-state index < -0.39 is 18.2 Å². The van der Waals surface area contributed by atoms with Crippen LogP contribution in [0.3, 0.4) is 0 Å². The lowest BCUT2D eigenvalue weighted by Crippen LogP contribution is -2.66. The molecule has 33 heavy (non-hydrogen) atoms. The molecule has 1 fully saturated rings. The number of aliphatic hydroxyl groups excluding tert-OH is 1. The van der Waals surface area contributed by atoms with Crippen LogP contribution >= 0.6 is 0 Å². The number of fused-ring (bicyclic) bond motifs is 1. The molecular weight excluding hydrogens is 414 g/mol. The van der Waals surface area contributed by atoms with E-state index in [4.69, 9.17) is 15.5 Å². The van der Waals surface area contributed by atoms with Gasteiger partial charge in [-0.15, -0.1) is 0 Å². The van der Waals surface area contributed by atoms with Crippen LogP contribution in [0.1, 0.15) is 11.1 Å². The van der Waals surface area contributed by atoms with Crippen LogP contribution in [0.4, 0.5) is 0 Å². The lowest BCUT2D eigenvalue weighted by atomic mass is 9.83. The summed E-state index contributed by atoms with van der Waals surface area (Å²) in [6, 6.07) is 27.5. The minimum Gasteiger partial charge on any atom is -0.489 e. The van der Waals surface area contributed by atoms with E-state index >= 15 is 0 Å². The monoisotopic (exact) mass is 439 g/mol. The van der Waals surface area contributed by atoms with Crippen LogP contribution < -0.4 is 15.8 Å². The molecule has 4 aromatic rings. The number of benzene rings is 3. The van der Waals surface area contributed by atoms with Gasteiger partial charge < -0.3 is 15.6 Å². The fourth-order valence-corrected chi connectivity index (χ4v) is 4.30. The van der Waals surface area contributed by atoms with Gasteiger partial charge in [0.2, 0.25) is 5.91 Å². The number of hydrogen-bond acceptors (Lipinski definition) is 5. The van der Waals surface area contributed by atoms with E-state index in [9.17, 15) is 9.90 Å². The highest BCUT2D eigenvalue weighted by molar-refractivity contribution is 5.85. The van der Waals surface area contributed by atoms with Gasteiger partial charge in [-0.05, 0) is 36.2 Å². The minimum absolute atomic E-state index is 0.214. The van der Waals surface area contributed by atoms with Crippen molar-refractivity contribution in [2.24, 2.45) is 11.7 Å². The Morgan fingerprint density at radius 2 is 1.73 bits per heavy atom. The molecule has 1 aliphatic rings. The van der Waals surface area contributed by atoms with Crippen molar-refractivity contribution < 1.29 is 14.6 Å². The highest BCUT2D eigenvalue weighted by atomic mass is 16.5. The molecule has 6 nitrogen and oxygen atoms in total. The molecule has 0 bridgehead atoms. The van der Waals surface area contributed by atoms with Crippen LogP contribution in [-0.4, -0.2) is 28.3 Å². The average molecular weight is 440 g/mol. The fraction of sp³-hybridized carbons (Fsp3) is 0.185. The number of nitrogens with two attached hydrogens (primary N) is 1. The molecule has 1 saturated heterocycles. The third-order valence-electron chi connectivity index (χ3n) is 6.15. The lowest BCUT2D eigenvalue weighted by Gasteiger charge is -2.41. The average Bonchev–Trinajstić information content (AvgIpc) is 2.85. The smallest absolute Gasteiger partial charge is 0.235 e. The minimum atomic E-state index is -0.711. The van der Waals surface area contributed by atoms with Crippen LogP contribution in [0.5, 0.6) is 5.75 Å². The van der Waals surface area contributed by atoms with Gasteiger partial charge in [-0.1, -0.05) is 60.7 Å². The molecule has 2 unspecified atom stereocenters. The Hall–Kier alpha value is -3.74. The summed E-state index contributed by atoms with van der Waals surface area (Å²) in [7, 11) is 0. The zero-order chi connectivity index (χ0) is 22.8. The summed E-state index contributed by atoms with van der Waals surface area (Å²) in [5, 5.41) is 13.7. The molecule has 1 aromatic heterocycles. The van der Waals surface area contributed by atoms with Crippen LogP contribution in [0.2, 0.25) is 0 Å². The van der Waals surface area contributed by atoms with Crippen LogP contribution in [0.25, 0.3) is 22.2 Å². The maximum atomic E-state index is 11.4. The van der Waals surface area contributed by atoms with E-state index in [-0.39, 0.29) is 5.92 Å². The first-order valence-electron chi connectivity index (χ1n) is 11.0. The number of aromatic nitrogens is 1. The quantitative estimate of drug-likeness (QED) is 0.410. The Kier molecular flexibility index (Phi) is 5.77. The number of rotatable bonds is 7. The van der Waals surface area contributed by atoms with Gasteiger partial charge in [0.1, 0.15) is 18.6 Å². The van der Waals surface area contributed by atoms with Gasteiger partial charge in [-0.3, -0.25) is 10.1 Å². The van der Waals surface area contributed by atoms with Gasteiger partial charge >= 0.3 is 0 Å². The van der Waals surface area contributed by atoms with Gasteiger partial charge in [0, 0.05) is 22.4 Å². The molecule has 0 spiro atoms. The molecule has 1 aliphatic heterocycles. The molecular formula is C27H25N3O3. The number of pyridine rings is 1. The Morgan fingerprint density at radius 3 is 2.45 bits per heavy atom. The second-order valence-electron chi connectivity index (χ2n) is 8.34. The predicted octanol–water partition coefficient (Wildman–Crippen LogP) is 3.42. The van der Waals surface area contributed by atoms with Crippen LogP contribution in [0.15, 0.2) is 84.9 Å². The number of nitrogens with one attached hydrogen (secondary N) is 1. The van der Waals surface area contributed by atoms with Gasteiger partial charge in [0.25, 0.3) is 0 Å². The number of carbonyl (C=O) groups is 1. The first-order valence-corrected chi connectivity index (χ1v) is 11.0. The molecule has 1 amide bonds. The number of amides is 1. The molecule has 0 aliphatic carbocycles. The summed E-state index contributed by atoms with van der Waals surface area (Å²) in [6.45, 7) is 0.414. The van der Waals surface area contributed by atoms with Crippen molar-refractivity contribution in [3.63, 3.8) is 0 Å². The third-order valence-corrected chi connectivity index (χ3v) is 6.15. The highest BCUT2D eigenvalue weighted by Crippen LogP contribution is 2.27. The molecule has 166 valence electrons. The van der Waals surface area contributed by atoms with E-state index in [0.29, 0.717) is 13.0 Å². The van der Waals surface area contributed by atoms with Crippen molar-refractivity contribution in [3.8, 4) is 17.0 Å². The number of carbonyl (C=O) groups excluding carboxylic acids is 1. The maximum Gasteiger partial charge on any atom is 0.235 e. The zero-order valence-electron chi connectivity index (χ0n) is 18.0. The fourth-order valence-electron chi connectivity index (χ4n) is 4.30. The Labute approximate surface area is 192 Å². The van der Waals surface area contributed by atoms with Crippen molar-refractivity contribution in [1.82, 2.24) is 10.3 Å².